The lowest BCUT2D eigenvalue weighted by Gasteiger charge is -2.36. The van der Waals surface area contributed by atoms with Gasteiger partial charge in [0.05, 0.1) is 18.3 Å². The lowest BCUT2D eigenvalue weighted by molar-refractivity contribution is -0.132. The van der Waals surface area contributed by atoms with Crippen molar-refractivity contribution < 1.29 is 32.0 Å². The quantitative estimate of drug-likeness (QED) is 0.483. The number of nitrogens with zero attached hydrogens (tertiary/aromatic N) is 2. The number of halogens is 1. The van der Waals surface area contributed by atoms with Crippen molar-refractivity contribution in [3.05, 3.63) is 83.3 Å². The summed E-state index contributed by atoms with van der Waals surface area (Å²) in [4.78, 5) is 41.8. The van der Waals surface area contributed by atoms with Crippen molar-refractivity contribution in [3.63, 3.8) is 0 Å². The van der Waals surface area contributed by atoms with E-state index in [1.807, 2.05) is 0 Å². The Kier molecular flexibility index (Phi) is 7.84. The molecule has 4 rings (SSSR count). The molecule has 0 aliphatic carbocycles. The Labute approximate surface area is 218 Å². The maximum atomic E-state index is 13.5. The van der Waals surface area contributed by atoms with Crippen molar-refractivity contribution >= 4 is 39.2 Å². The second-order valence-corrected chi connectivity index (χ2v) is 10.6. The molecule has 37 heavy (non-hydrogen) atoms. The summed E-state index contributed by atoms with van der Waals surface area (Å²) in [5.41, 5.74) is 0.438. The zero-order valence-corrected chi connectivity index (χ0v) is 21.4. The standard InChI is InChI=1S/C25H24ClN3O7S/c1-35-19-5-2-4-17(16-19)24(31)28-11-13-29(14-12-28)25(32)23(27-22(30)21-6-3-15-36-21)37(33,34)20-9-7-18(26)8-10-20/h2-10,15-16,23H,11-14H2,1H3,(H,27,30). The molecule has 1 aliphatic heterocycles. The predicted octanol–water partition coefficient (Wildman–Crippen LogP) is 2.46. The molecule has 1 unspecified atom stereocenters. The van der Waals surface area contributed by atoms with Gasteiger partial charge < -0.3 is 24.3 Å². The number of nitrogens with one attached hydrogen (secondary N) is 1. The fourth-order valence-corrected chi connectivity index (χ4v) is 5.46. The van der Waals surface area contributed by atoms with Crippen LogP contribution in [0.5, 0.6) is 5.75 Å². The molecule has 10 nitrogen and oxygen atoms in total. The van der Waals surface area contributed by atoms with Crippen LogP contribution in [0.4, 0.5) is 0 Å². The van der Waals surface area contributed by atoms with Gasteiger partial charge in [0.25, 0.3) is 17.7 Å². The van der Waals surface area contributed by atoms with Crippen LogP contribution in [0.15, 0.2) is 76.2 Å². The zero-order valence-electron chi connectivity index (χ0n) is 19.8. The second-order valence-electron chi connectivity index (χ2n) is 8.18. The van der Waals surface area contributed by atoms with Gasteiger partial charge in [0, 0.05) is 36.8 Å². The molecule has 194 valence electrons. The highest BCUT2D eigenvalue weighted by atomic mass is 35.5. The Balaban J connectivity index is 1.52. The summed E-state index contributed by atoms with van der Waals surface area (Å²) in [6.45, 7) is 0.527. The Bertz CT molecular complexity index is 1380. The van der Waals surface area contributed by atoms with Crippen molar-refractivity contribution in [3.8, 4) is 5.75 Å². The van der Waals surface area contributed by atoms with E-state index in [1.165, 1.54) is 54.7 Å². The third-order valence-electron chi connectivity index (χ3n) is 5.88. The normalized spacial score (nSPS) is 14.6. The van der Waals surface area contributed by atoms with E-state index in [0.717, 1.165) is 0 Å². The molecular weight excluding hydrogens is 522 g/mol. The first-order valence-corrected chi connectivity index (χ1v) is 13.2. The molecule has 0 bridgehead atoms. The number of hydrogen-bond acceptors (Lipinski definition) is 7. The summed E-state index contributed by atoms with van der Waals surface area (Å²) in [5.74, 6) is -1.50. The average molecular weight is 546 g/mol. The summed E-state index contributed by atoms with van der Waals surface area (Å²) in [6.07, 6.45) is 1.26. The molecule has 12 heteroatoms. The van der Waals surface area contributed by atoms with Gasteiger partial charge in [-0.15, -0.1) is 0 Å². The average Bonchev–Trinajstić information content (AvgIpc) is 3.46. The minimum absolute atomic E-state index is 0.0812. The van der Waals surface area contributed by atoms with Gasteiger partial charge in [-0.2, -0.15) is 0 Å². The fourth-order valence-electron chi connectivity index (χ4n) is 3.86. The van der Waals surface area contributed by atoms with Crippen LogP contribution in [0.25, 0.3) is 0 Å². The Morgan fingerprint density at radius 2 is 1.65 bits per heavy atom. The first kappa shape index (κ1) is 26.2. The molecule has 0 radical (unpaired) electrons. The highest BCUT2D eigenvalue weighted by Gasteiger charge is 2.40. The van der Waals surface area contributed by atoms with Crippen LogP contribution in [0, 0.1) is 0 Å². The van der Waals surface area contributed by atoms with Crippen LogP contribution < -0.4 is 10.1 Å². The third-order valence-corrected chi connectivity index (χ3v) is 8.00. The number of amides is 3. The largest absolute Gasteiger partial charge is 0.497 e. The summed E-state index contributed by atoms with van der Waals surface area (Å²) < 4.78 is 37.1. The van der Waals surface area contributed by atoms with E-state index in [2.05, 4.69) is 5.32 Å². The number of furan rings is 1. The van der Waals surface area contributed by atoms with Gasteiger partial charge in [-0.3, -0.25) is 14.4 Å². The van der Waals surface area contributed by atoms with Crippen LogP contribution in [-0.4, -0.2) is 74.6 Å². The second kappa shape index (κ2) is 11.1. The number of carbonyl (C=O) groups excluding carboxylic acids is 3. The smallest absolute Gasteiger partial charge is 0.288 e. The molecular formula is C25H24ClN3O7S. The van der Waals surface area contributed by atoms with Gasteiger partial charge in [-0.05, 0) is 54.6 Å². The number of carbonyl (C=O) groups is 3. The van der Waals surface area contributed by atoms with E-state index in [9.17, 15) is 22.8 Å². The number of rotatable bonds is 7. The lowest BCUT2D eigenvalue weighted by Crippen LogP contribution is -2.57. The fraction of sp³-hybridized carbons (Fsp3) is 0.240. The molecule has 1 atom stereocenters. The van der Waals surface area contributed by atoms with Crippen LogP contribution in [0.3, 0.4) is 0 Å². The molecule has 1 saturated heterocycles. The maximum Gasteiger partial charge on any atom is 0.288 e. The summed E-state index contributed by atoms with van der Waals surface area (Å²) in [5, 5.41) is 0.711. The minimum Gasteiger partial charge on any atom is -0.497 e. The van der Waals surface area contributed by atoms with Gasteiger partial charge in [-0.1, -0.05) is 17.7 Å². The monoisotopic (exact) mass is 545 g/mol. The zero-order chi connectivity index (χ0) is 26.6. The molecule has 2 heterocycles. The molecule has 3 amide bonds. The van der Waals surface area contributed by atoms with E-state index in [1.54, 1.807) is 29.2 Å². The molecule has 1 aliphatic rings. The van der Waals surface area contributed by atoms with E-state index < -0.39 is 27.0 Å². The SMILES string of the molecule is COc1cccc(C(=O)N2CCN(C(=O)C(NC(=O)c3ccco3)S(=O)(=O)c3ccc(Cl)cc3)CC2)c1. The van der Waals surface area contributed by atoms with Crippen LogP contribution in [-0.2, 0) is 14.6 Å². The number of piperazine rings is 1. The first-order chi connectivity index (χ1) is 17.7. The van der Waals surface area contributed by atoms with E-state index in [4.69, 9.17) is 20.8 Å². The number of ether oxygens (including phenoxy) is 1. The number of benzene rings is 2. The van der Waals surface area contributed by atoms with Gasteiger partial charge in [0.2, 0.25) is 15.2 Å². The topological polar surface area (TPSA) is 126 Å². The summed E-state index contributed by atoms with van der Waals surface area (Å²) >= 11 is 5.89. The van der Waals surface area contributed by atoms with Crippen molar-refractivity contribution in [2.75, 3.05) is 33.3 Å². The molecule has 2 aromatic carbocycles. The minimum atomic E-state index is -4.35. The first-order valence-electron chi connectivity index (χ1n) is 11.3. The Hall–Kier alpha value is -3.83. The Morgan fingerprint density at radius 1 is 0.973 bits per heavy atom. The molecule has 1 N–H and O–H groups in total. The van der Waals surface area contributed by atoms with Crippen LogP contribution >= 0.6 is 11.6 Å². The maximum absolute atomic E-state index is 13.5. The molecule has 0 spiro atoms. The molecule has 1 fully saturated rings. The van der Waals surface area contributed by atoms with Crippen molar-refractivity contribution in [2.24, 2.45) is 0 Å². The van der Waals surface area contributed by atoms with Crippen molar-refractivity contribution in [1.82, 2.24) is 15.1 Å². The van der Waals surface area contributed by atoms with Crippen LogP contribution in [0.2, 0.25) is 5.02 Å². The molecule has 0 saturated carbocycles. The van der Waals surface area contributed by atoms with Gasteiger partial charge in [-0.25, -0.2) is 8.42 Å². The highest BCUT2D eigenvalue weighted by molar-refractivity contribution is 7.92. The number of hydrogen-bond donors (Lipinski definition) is 1. The lowest BCUT2D eigenvalue weighted by atomic mass is 10.1. The highest BCUT2D eigenvalue weighted by Crippen LogP contribution is 2.21. The van der Waals surface area contributed by atoms with Crippen molar-refractivity contribution in [2.45, 2.75) is 10.3 Å². The molecule has 1 aromatic heterocycles. The predicted molar refractivity (Wildman–Crippen MR) is 134 cm³/mol. The van der Waals surface area contributed by atoms with Gasteiger partial charge in [0.1, 0.15) is 5.75 Å². The van der Waals surface area contributed by atoms with E-state index in [-0.39, 0.29) is 42.7 Å². The van der Waals surface area contributed by atoms with E-state index >= 15 is 0 Å². The molecule has 3 aromatic rings. The van der Waals surface area contributed by atoms with E-state index in [0.29, 0.717) is 16.3 Å². The number of methoxy groups -OCH3 is 1. The summed E-state index contributed by atoms with van der Waals surface area (Å²) in [7, 11) is -2.84. The van der Waals surface area contributed by atoms with Gasteiger partial charge >= 0.3 is 0 Å². The van der Waals surface area contributed by atoms with Crippen LogP contribution in [0.1, 0.15) is 20.9 Å². The van der Waals surface area contributed by atoms with Crippen molar-refractivity contribution in [1.29, 1.82) is 0 Å². The Morgan fingerprint density at radius 3 is 2.27 bits per heavy atom. The summed E-state index contributed by atoms with van der Waals surface area (Å²) in [6, 6.07) is 14.8. The van der Waals surface area contributed by atoms with Gasteiger partial charge in [0.15, 0.2) is 5.76 Å². The number of sulfone groups is 1. The third kappa shape index (κ3) is 5.78.